The second kappa shape index (κ2) is 5.10. The molecule has 2 rings (SSSR count). The molecule has 0 aromatic heterocycles. The summed E-state index contributed by atoms with van der Waals surface area (Å²) in [7, 11) is 0. The van der Waals surface area contributed by atoms with Crippen LogP contribution in [0.2, 0.25) is 0 Å². The molecule has 0 aliphatic carbocycles. The van der Waals surface area contributed by atoms with Crippen LogP contribution in [0.25, 0.3) is 0 Å². The van der Waals surface area contributed by atoms with E-state index in [0.717, 1.165) is 29.6 Å². The zero-order chi connectivity index (χ0) is 11.4. The van der Waals surface area contributed by atoms with Crippen molar-refractivity contribution in [2.45, 2.75) is 26.7 Å². The number of anilines is 1. The van der Waals surface area contributed by atoms with E-state index >= 15 is 0 Å². The summed E-state index contributed by atoms with van der Waals surface area (Å²) in [6.45, 7) is 5.82. The van der Waals surface area contributed by atoms with E-state index in [-0.39, 0.29) is 0 Å². The van der Waals surface area contributed by atoms with Gasteiger partial charge in [-0.15, -0.1) is 0 Å². The molecule has 0 spiro atoms. The maximum atomic E-state index is 5.34. The van der Waals surface area contributed by atoms with Gasteiger partial charge in [0.2, 0.25) is 6.79 Å². The van der Waals surface area contributed by atoms with Gasteiger partial charge in [-0.1, -0.05) is 26.7 Å². The number of rotatable bonds is 5. The topological polar surface area (TPSA) is 30.5 Å². The predicted molar refractivity (Wildman–Crippen MR) is 65.1 cm³/mol. The van der Waals surface area contributed by atoms with E-state index in [2.05, 4.69) is 19.2 Å². The first-order valence-corrected chi connectivity index (χ1v) is 5.97. The van der Waals surface area contributed by atoms with Gasteiger partial charge in [0.1, 0.15) is 0 Å². The predicted octanol–water partition coefficient (Wildman–Crippen LogP) is 3.26. The molecule has 16 heavy (non-hydrogen) atoms. The van der Waals surface area contributed by atoms with Crippen LogP contribution >= 0.6 is 0 Å². The summed E-state index contributed by atoms with van der Waals surface area (Å²) in [6.07, 6.45) is 2.43. The standard InChI is InChI=1S/C13H19NO2/c1-3-10(4-2)8-14-11-5-6-12-13(7-11)16-9-15-12/h5-7,10,14H,3-4,8-9H2,1-2H3. The van der Waals surface area contributed by atoms with Crippen LogP contribution < -0.4 is 14.8 Å². The summed E-state index contributed by atoms with van der Waals surface area (Å²) in [4.78, 5) is 0. The van der Waals surface area contributed by atoms with Crippen molar-refractivity contribution < 1.29 is 9.47 Å². The van der Waals surface area contributed by atoms with Crippen molar-refractivity contribution in [2.24, 2.45) is 5.92 Å². The Hall–Kier alpha value is -1.38. The largest absolute Gasteiger partial charge is 0.454 e. The van der Waals surface area contributed by atoms with E-state index in [4.69, 9.17) is 9.47 Å². The second-order valence-corrected chi connectivity index (χ2v) is 4.13. The number of nitrogens with one attached hydrogen (secondary N) is 1. The van der Waals surface area contributed by atoms with Crippen molar-refractivity contribution in [3.8, 4) is 11.5 Å². The monoisotopic (exact) mass is 221 g/mol. The molecule has 0 atom stereocenters. The van der Waals surface area contributed by atoms with E-state index in [1.54, 1.807) is 0 Å². The highest BCUT2D eigenvalue weighted by Gasteiger charge is 2.13. The quantitative estimate of drug-likeness (QED) is 0.827. The summed E-state index contributed by atoms with van der Waals surface area (Å²) >= 11 is 0. The first-order valence-electron chi connectivity index (χ1n) is 5.97. The van der Waals surface area contributed by atoms with Crippen LogP contribution in [0.4, 0.5) is 5.69 Å². The Bertz CT molecular complexity index is 348. The highest BCUT2D eigenvalue weighted by molar-refractivity contribution is 5.55. The minimum absolute atomic E-state index is 0.339. The molecule has 1 aliphatic heterocycles. The van der Waals surface area contributed by atoms with Crippen molar-refractivity contribution in [1.82, 2.24) is 0 Å². The lowest BCUT2D eigenvalue weighted by Crippen LogP contribution is -2.12. The van der Waals surface area contributed by atoms with Gasteiger partial charge in [-0.2, -0.15) is 0 Å². The molecule has 1 aromatic rings. The summed E-state index contributed by atoms with van der Waals surface area (Å²) in [5.41, 5.74) is 1.11. The van der Waals surface area contributed by atoms with E-state index in [9.17, 15) is 0 Å². The van der Waals surface area contributed by atoms with Gasteiger partial charge >= 0.3 is 0 Å². The third kappa shape index (κ3) is 2.40. The molecule has 0 bridgehead atoms. The van der Waals surface area contributed by atoms with Gasteiger partial charge in [0.25, 0.3) is 0 Å². The molecule has 0 radical (unpaired) electrons. The Labute approximate surface area is 96.8 Å². The molecule has 1 N–H and O–H groups in total. The Kier molecular flexibility index (Phi) is 3.54. The molecular weight excluding hydrogens is 202 g/mol. The molecule has 0 saturated carbocycles. The number of hydrogen-bond acceptors (Lipinski definition) is 3. The molecule has 0 saturated heterocycles. The van der Waals surface area contributed by atoms with E-state index in [0.29, 0.717) is 6.79 Å². The molecule has 0 fully saturated rings. The Morgan fingerprint density at radius 3 is 2.69 bits per heavy atom. The molecule has 0 amide bonds. The van der Waals surface area contributed by atoms with Crippen LogP contribution in [0.3, 0.4) is 0 Å². The van der Waals surface area contributed by atoms with Gasteiger partial charge in [0.05, 0.1) is 0 Å². The fourth-order valence-corrected chi connectivity index (χ4v) is 1.85. The first kappa shape index (κ1) is 11.1. The highest BCUT2D eigenvalue weighted by Crippen LogP contribution is 2.34. The van der Waals surface area contributed by atoms with E-state index in [1.165, 1.54) is 12.8 Å². The van der Waals surface area contributed by atoms with Crippen molar-refractivity contribution >= 4 is 5.69 Å². The van der Waals surface area contributed by atoms with Gasteiger partial charge in [0, 0.05) is 18.3 Å². The summed E-state index contributed by atoms with van der Waals surface area (Å²) in [6, 6.07) is 6.00. The SMILES string of the molecule is CCC(CC)CNc1ccc2c(c1)OCO2. The maximum absolute atomic E-state index is 5.34. The fraction of sp³-hybridized carbons (Fsp3) is 0.538. The molecule has 3 nitrogen and oxygen atoms in total. The number of hydrogen-bond donors (Lipinski definition) is 1. The normalized spacial score (nSPS) is 13.2. The van der Waals surface area contributed by atoms with E-state index in [1.807, 2.05) is 18.2 Å². The third-order valence-corrected chi connectivity index (χ3v) is 3.12. The van der Waals surface area contributed by atoms with Crippen LogP contribution in [-0.4, -0.2) is 13.3 Å². The van der Waals surface area contributed by atoms with Crippen LogP contribution in [-0.2, 0) is 0 Å². The zero-order valence-corrected chi connectivity index (χ0v) is 9.95. The van der Waals surface area contributed by atoms with E-state index < -0.39 is 0 Å². The Morgan fingerprint density at radius 2 is 1.94 bits per heavy atom. The van der Waals surface area contributed by atoms with Crippen molar-refractivity contribution in [2.75, 3.05) is 18.7 Å². The summed E-state index contributed by atoms with van der Waals surface area (Å²) in [5, 5.41) is 3.44. The lowest BCUT2D eigenvalue weighted by atomic mass is 10.0. The second-order valence-electron chi connectivity index (χ2n) is 4.13. The van der Waals surface area contributed by atoms with Gasteiger partial charge in [-0.25, -0.2) is 0 Å². The van der Waals surface area contributed by atoms with Crippen LogP contribution in [0.5, 0.6) is 11.5 Å². The highest BCUT2D eigenvalue weighted by atomic mass is 16.7. The lowest BCUT2D eigenvalue weighted by molar-refractivity contribution is 0.174. The first-order chi connectivity index (χ1) is 7.83. The minimum Gasteiger partial charge on any atom is -0.454 e. The molecule has 3 heteroatoms. The van der Waals surface area contributed by atoms with Crippen molar-refractivity contribution in [3.63, 3.8) is 0 Å². The van der Waals surface area contributed by atoms with Gasteiger partial charge < -0.3 is 14.8 Å². The smallest absolute Gasteiger partial charge is 0.231 e. The summed E-state index contributed by atoms with van der Waals surface area (Å²) < 4.78 is 10.6. The van der Waals surface area contributed by atoms with Gasteiger partial charge in [0.15, 0.2) is 11.5 Å². The Morgan fingerprint density at radius 1 is 1.19 bits per heavy atom. The Balaban J connectivity index is 1.95. The van der Waals surface area contributed by atoms with Crippen molar-refractivity contribution in [3.05, 3.63) is 18.2 Å². The summed E-state index contributed by atoms with van der Waals surface area (Å²) in [5.74, 6) is 2.42. The lowest BCUT2D eigenvalue weighted by Gasteiger charge is -2.14. The van der Waals surface area contributed by atoms with Crippen LogP contribution in [0, 0.1) is 5.92 Å². The maximum Gasteiger partial charge on any atom is 0.231 e. The minimum atomic E-state index is 0.339. The molecule has 1 aliphatic rings. The van der Waals surface area contributed by atoms with Crippen molar-refractivity contribution in [1.29, 1.82) is 0 Å². The zero-order valence-electron chi connectivity index (χ0n) is 9.95. The average molecular weight is 221 g/mol. The number of benzene rings is 1. The van der Waals surface area contributed by atoms with Gasteiger partial charge in [-0.3, -0.25) is 0 Å². The third-order valence-electron chi connectivity index (χ3n) is 3.12. The molecule has 1 aromatic carbocycles. The van der Waals surface area contributed by atoms with Crippen LogP contribution in [0.1, 0.15) is 26.7 Å². The molecule has 88 valence electrons. The molecular formula is C13H19NO2. The van der Waals surface area contributed by atoms with Crippen LogP contribution in [0.15, 0.2) is 18.2 Å². The molecule has 1 heterocycles. The molecule has 0 unspecified atom stereocenters. The number of fused-ring (bicyclic) bond motifs is 1. The fourth-order valence-electron chi connectivity index (χ4n) is 1.85. The number of ether oxygens (including phenoxy) is 2. The average Bonchev–Trinajstić information content (AvgIpc) is 2.77. The van der Waals surface area contributed by atoms with Gasteiger partial charge in [-0.05, 0) is 18.1 Å².